The van der Waals surface area contributed by atoms with E-state index in [-0.39, 0.29) is 12.5 Å². The fraction of sp³-hybridized carbons (Fsp3) is 0.591. The SMILES string of the molecule is CCCCCC1CCN(C(=O)OCc2ccccc2)C(OC(C)=O)C1OC(C)=O. The van der Waals surface area contributed by atoms with Crippen LogP contribution in [0.2, 0.25) is 0 Å². The maximum absolute atomic E-state index is 12.7. The van der Waals surface area contributed by atoms with Crippen molar-refractivity contribution in [2.45, 2.75) is 71.8 Å². The van der Waals surface area contributed by atoms with E-state index in [9.17, 15) is 14.4 Å². The standard InChI is InChI=1S/C22H31NO6/c1-4-5-7-12-19-13-14-23(21(29-17(3)25)20(19)28-16(2)24)22(26)27-15-18-10-8-6-9-11-18/h6,8-11,19-21H,4-5,7,12-15H2,1-3H3. The number of likely N-dealkylation sites (tertiary alicyclic amines) is 1. The molecule has 0 saturated carbocycles. The smallest absolute Gasteiger partial charge is 0.413 e. The van der Waals surface area contributed by atoms with Gasteiger partial charge in [-0.05, 0) is 18.4 Å². The first-order chi connectivity index (χ1) is 13.9. The topological polar surface area (TPSA) is 82.1 Å². The maximum Gasteiger partial charge on any atom is 0.413 e. The molecular formula is C22H31NO6. The van der Waals surface area contributed by atoms with E-state index in [0.29, 0.717) is 13.0 Å². The minimum atomic E-state index is -0.986. The zero-order valence-corrected chi connectivity index (χ0v) is 17.5. The fourth-order valence-electron chi connectivity index (χ4n) is 3.62. The van der Waals surface area contributed by atoms with Crippen LogP contribution in [0.4, 0.5) is 4.79 Å². The fourth-order valence-corrected chi connectivity index (χ4v) is 3.62. The van der Waals surface area contributed by atoms with Gasteiger partial charge in [0.2, 0.25) is 6.23 Å². The lowest BCUT2D eigenvalue weighted by atomic mass is 9.87. The quantitative estimate of drug-likeness (QED) is 0.369. The number of piperidine rings is 1. The van der Waals surface area contributed by atoms with Crippen LogP contribution < -0.4 is 0 Å². The molecule has 0 aromatic heterocycles. The summed E-state index contributed by atoms with van der Waals surface area (Å²) in [5.74, 6) is -0.984. The summed E-state index contributed by atoms with van der Waals surface area (Å²) in [6.45, 7) is 5.21. The summed E-state index contributed by atoms with van der Waals surface area (Å²) < 4.78 is 16.4. The molecule has 2 rings (SSSR count). The predicted octanol–water partition coefficient (Wildman–Crippen LogP) is 4.05. The number of nitrogens with zero attached hydrogens (tertiary/aromatic N) is 1. The molecule has 1 aromatic rings. The Morgan fingerprint density at radius 3 is 2.34 bits per heavy atom. The van der Waals surface area contributed by atoms with Gasteiger partial charge in [0.25, 0.3) is 0 Å². The number of hydrogen-bond donors (Lipinski definition) is 0. The number of unbranched alkanes of at least 4 members (excludes halogenated alkanes) is 2. The maximum atomic E-state index is 12.7. The van der Waals surface area contributed by atoms with Gasteiger partial charge in [-0.3, -0.25) is 14.5 Å². The van der Waals surface area contributed by atoms with Gasteiger partial charge in [-0.2, -0.15) is 0 Å². The summed E-state index contributed by atoms with van der Waals surface area (Å²) >= 11 is 0. The number of carbonyl (C=O) groups is 3. The number of carbonyl (C=O) groups excluding carboxylic acids is 3. The first-order valence-electron chi connectivity index (χ1n) is 10.2. The Bertz CT molecular complexity index is 677. The number of hydrogen-bond acceptors (Lipinski definition) is 6. The molecule has 1 saturated heterocycles. The van der Waals surface area contributed by atoms with Gasteiger partial charge in [0.1, 0.15) is 6.61 Å². The summed E-state index contributed by atoms with van der Waals surface area (Å²) in [5, 5.41) is 0. The Morgan fingerprint density at radius 2 is 1.72 bits per heavy atom. The van der Waals surface area contributed by atoms with Gasteiger partial charge in [0, 0.05) is 26.3 Å². The molecule has 3 atom stereocenters. The van der Waals surface area contributed by atoms with Crippen molar-refractivity contribution in [3.63, 3.8) is 0 Å². The second kappa shape index (κ2) is 11.4. The van der Waals surface area contributed by atoms with E-state index in [1.165, 1.54) is 18.7 Å². The average molecular weight is 405 g/mol. The van der Waals surface area contributed by atoms with Gasteiger partial charge >= 0.3 is 18.0 Å². The summed E-state index contributed by atoms with van der Waals surface area (Å²) in [4.78, 5) is 37.5. The minimum absolute atomic E-state index is 0.0213. The predicted molar refractivity (Wildman–Crippen MR) is 107 cm³/mol. The van der Waals surface area contributed by atoms with Crippen LogP contribution in [0, 0.1) is 5.92 Å². The molecule has 0 aliphatic carbocycles. The molecule has 0 spiro atoms. The normalized spacial score (nSPS) is 21.3. The molecule has 3 unspecified atom stereocenters. The van der Waals surface area contributed by atoms with E-state index in [1.54, 1.807) is 0 Å². The summed E-state index contributed by atoms with van der Waals surface area (Å²) in [7, 11) is 0. The number of amides is 1. The van der Waals surface area contributed by atoms with Gasteiger partial charge in [0.05, 0.1) is 0 Å². The molecule has 1 aromatic carbocycles. The molecule has 7 heteroatoms. The van der Waals surface area contributed by atoms with Crippen LogP contribution >= 0.6 is 0 Å². The Hall–Kier alpha value is -2.57. The van der Waals surface area contributed by atoms with Crippen molar-refractivity contribution in [3.8, 4) is 0 Å². The zero-order valence-electron chi connectivity index (χ0n) is 17.5. The molecule has 1 aliphatic rings. The van der Waals surface area contributed by atoms with Crippen molar-refractivity contribution in [1.29, 1.82) is 0 Å². The van der Waals surface area contributed by atoms with E-state index in [2.05, 4.69) is 6.92 Å². The van der Waals surface area contributed by atoms with Gasteiger partial charge < -0.3 is 14.2 Å². The first-order valence-corrected chi connectivity index (χ1v) is 10.2. The van der Waals surface area contributed by atoms with E-state index >= 15 is 0 Å². The molecule has 1 heterocycles. The average Bonchev–Trinajstić information content (AvgIpc) is 2.68. The Morgan fingerprint density at radius 1 is 1.03 bits per heavy atom. The van der Waals surface area contributed by atoms with Crippen molar-refractivity contribution in [2.75, 3.05) is 6.54 Å². The van der Waals surface area contributed by atoms with Crippen molar-refractivity contribution in [2.24, 2.45) is 5.92 Å². The molecular weight excluding hydrogens is 374 g/mol. The van der Waals surface area contributed by atoms with Crippen LogP contribution in [0.15, 0.2) is 30.3 Å². The molecule has 1 aliphatic heterocycles. The van der Waals surface area contributed by atoms with Gasteiger partial charge in [-0.1, -0.05) is 56.5 Å². The lowest BCUT2D eigenvalue weighted by Crippen LogP contribution is -2.57. The molecule has 29 heavy (non-hydrogen) atoms. The van der Waals surface area contributed by atoms with Crippen LogP contribution in [0.5, 0.6) is 0 Å². The van der Waals surface area contributed by atoms with Crippen LogP contribution in [0.25, 0.3) is 0 Å². The lowest BCUT2D eigenvalue weighted by Gasteiger charge is -2.43. The summed E-state index contributed by atoms with van der Waals surface area (Å²) in [6.07, 6.45) is 2.36. The monoisotopic (exact) mass is 405 g/mol. The highest BCUT2D eigenvalue weighted by Gasteiger charge is 2.44. The summed E-state index contributed by atoms with van der Waals surface area (Å²) in [6, 6.07) is 9.33. The second-order valence-electron chi connectivity index (χ2n) is 7.35. The third kappa shape index (κ3) is 7.07. The van der Waals surface area contributed by atoms with Gasteiger partial charge in [-0.15, -0.1) is 0 Å². The first kappa shape index (κ1) is 22.7. The van der Waals surface area contributed by atoms with Crippen molar-refractivity contribution in [3.05, 3.63) is 35.9 Å². The molecule has 1 amide bonds. The Balaban J connectivity index is 2.13. The largest absolute Gasteiger partial charge is 0.456 e. The molecule has 160 valence electrons. The molecule has 1 fully saturated rings. The lowest BCUT2D eigenvalue weighted by molar-refractivity contribution is -0.194. The van der Waals surface area contributed by atoms with Crippen molar-refractivity contribution in [1.82, 2.24) is 4.90 Å². The molecule has 0 radical (unpaired) electrons. The highest BCUT2D eigenvalue weighted by atomic mass is 16.6. The third-order valence-electron chi connectivity index (χ3n) is 5.00. The molecule has 0 bridgehead atoms. The minimum Gasteiger partial charge on any atom is -0.456 e. The van der Waals surface area contributed by atoms with Crippen LogP contribution in [0.1, 0.15) is 58.4 Å². The number of benzene rings is 1. The molecule has 7 nitrogen and oxygen atoms in total. The number of esters is 2. The van der Waals surface area contributed by atoms with Crippen molar-refractivity contribution >= 4 is 18.0 Å². The van der Waals surface area contributed by atoms with E-state index in [4.69, 9.17) is 14.2 Å². The van der Waals surface area contributed by atoms with E-state index in [1.807, 2.05) is 30.3 Å². The zero-order chi connectivity index (χ0) is 21.2. The molecule has 0 N–H and O–H groups in total. The third-order valence-corrected chi connectivity index (χ3v) is 5.00. The number of rotatable bonds is 8. The summed E-state index contributed by atoms with van der Waals surface area (Å²) in [5.41, 5.74) is 0.857. The van der Waals surface area contributed by atoms with Crippen LogP contribution in [-0.4, -0.2) is 41.8 Å². The van der Waals surface area contributed by atoms with E-state index in [0.717, 1.165) is 31.2 Å². The Kier molecular flexibility index (Phi) is 8.96. The van der Waals surface area contributed by atoms with Crippen LogP contribution in [-0.2, 0) is 30.4 Å². The highest BCUT2D eigenvalue weighted by Crippen LogP contribution is 2.32. The highest BCUT2D eigenvalue weighted by molar-refractivity contribution is 5.71. The Labute approximate surface area is 172 Å². The van der Waals surface area contributed by atoms with Crippen LogP contribution in [0.3, 0.4) is 0 Å². The van der Waals surface area contributed by atoms with Gasteiger partial charge in [-0.25, -0.2) is 4.79 Å². The van der Waals surface area contributed by atoms with Crippen molar-refractivity contribution < 1.29 is 28.6 Å². The second-order valence-corrected chi connectivity index (χ2v) is 7.35. The van der Waals surface area contributed by atoms with E-state index < -0.39 is 30.4 Å². The van der Waals surface area contributed by atoms with Gasteiger partial charge in [0.15, 0.2) is 6.10 Å². The number of ether oxygens (including phenoxy) is 3.